The molecule has 0 aliphatic carbocycles. The molecular weight excluding hydrogens is 206 g/mol. The minimum atomic E-state index is -0.666. The van der Waals surface area contributed by atoms with Gasteiger partial charge < -0.3 is 19.9 Å². The highest BCUT2D eigenvalue weighted by atomic mass is 16.5. The van der Waals surface area contributed by atoms with Crippen LogP contribution in [0, 0.1) is 5.92 Å². The molecule has 1 fully saturated rings. The molecule has 1 aliphatic rings. The zero-order valence-electron chi connectivity index (χ0n) is 10.7. The molecule has 1 rings (SSSR count). The molecule has 0 aromatic carbocycles. The first-order valence-electron chi connectivity index (χ1n) is 6.10. The Labute approximate surface area is 98.3 Å². The second kappa shape index (κ2) is 6.55. The maximum Gasteiger partial charge on any atom is 0.102 e. The van der Waals surface area contributed by atoms with E-state index in [1.165, 1.54) is 0 Å². The third kappa shape index (κ3) is 4.37. The summed E-state index contributed by atoms with van der Waals surface area (Å²) in [7, 11) is 1.72. The van der Waals surface area contributed by atoms with Crippen LogP contribution in [-0.4, -0.2) is 50.2 Å². The molecule has 1 aliphatic heterocycles. The molecule has 96 valence electrons. The van der Waals surface area contributed by atoms with Crippen LogP contribution < -0.4 is 5.32 Å². The molecule has 0 aromatic rings. The zero-order chi connectivity index (χ0) is 12.0. The van der Waals surface area contributed by atoms with Crippen molar-refractivity contribution in [1.29, 1.82) is 0 Å². The first kappa shape index (κ1) is 13.9. The van der Waals surface area contributed by atoms with E-state index in [4.69, 9.17) is 9.47 Å². The van der Waals surface area contributed by atoms with Crippen molar-refractivity contribution in [1.82, 2.24) is 5.32 Å². The molecule has 0 aromatic heterocycles. The molecule has 0 radical (unpaired) electrons. The number of methoxy groups -OCH3 is 1. The second-order valence-electron chi connectivity index (χ2n) is 5.04. The molecule has 0 amide bonds. The standard InChI is InChI=1S/C12H25NO3/c1-10(2)11(4-6-15-3)13-8-12(14)5-7-16-9-12/h10-11,13-14H,4-9H2,1-3H3. The van der Waals surface area contributed by atoms with E-state index in [-0.39, 0.29) is 0 Å². The van der Waals surface area contributed by atoms with Crippen molar-refractivity contribution in [3.8, 4) is 0 Å². The Kier molecular flexibility index (Phi) is 5.69. The molecule has 1 heterocycles. The van der Waals surface area contributed by atoms with Gasteiger partial charge in [0.25, 0.3) is 0 Å². The average molecular weight is 231 g/mol. The van der Waals surface area contributed by atoms with Gasteiger partial charge in [-0.1, -0.05) is 13.8 Å². The summed E-state index contributed by atoms with van der Waals surface area (Å²) in [5.41, 5.74) is -0.666. The first-order chi connectivity index (χ1) is 7.57. The molecule has 2 unspecified atom stereocenters. The van der Waals surface area contributed by atoms with Crippen LogP contribution in [0.2, 0.25) is 0 Å². The smallest absolute Gasteiger partial charge is 0.102 e. The highest BCUT2D eigenvalue weighted by Crippen LogP contribution is 2.18. The Balaban J connectivity index is 2.31. The van der Waals surface area contributed by atoms with Crippen LogP contribution >= 0.6 is 0 Å². The zero-order valence-corrected chi connectivity index (χ0v) is 10.7. The number of hydrogen-bond acceptors (Lipinski definition) is 4. The van der Waals surface area contributed by atoms with Crippen molar-refractivity contribution in [2.24, 2.45) is 5.92 Å². The molecule has 0 spiro atoms. The van der Waals surface area contributed by atoms with E-state index in [9.17, 15) is 5.11 Å². The second-order valence-corrected chi connectivity index (χ2v) is 5.04. The maximum absolute atomic E-state index is 10.1. The predicted molar refractivity (Wildman–Crippen MR) is 63.5 cm³/mol. The predicted octanol–water partition coefficient (Wildman–Crippen LogP) is 0.788. The van der Waals surface area contributed by atoms with Gasteiger partial charge in [0.1, 0.15) is 5.60 Å². The van der Waals surface area contributed by atoms with Crippen LogP contribution in [0.15, 0.2) is 0 Å². The van der Waals surface area contributed by atoms with Crippen LogP contribution in [0.3, 0.4) is 0 Å². The van der Waals surface area contributed by atoms with Gasteiger partial charge in [-0.05, 0) is 12.3 Å². The van der Waals surface area contributed by atoms with E-state index in [2.05, 4.69) is 19.2 Å². The van der Waals surface area contributed by atoms with Gasteiger partial charge in [0, 0.05) is 39.3 Å². The summed E-state index contributed by atoms with van der Waals surface area (Å²) < 4.78 is 10.3. The van der Waals surface area contributed by atoms with Crippen LogP contribution in [0.4, 0.5) is 0 Å². The fraction of sp³-hybridized carbons (Fsp3) is 1.00. The SMILES string of the molecule is COCCC(NCC1(O)CCOC1)C(C)C. The number of ether oxygens (including phenoxy) is 2. The Morgan fingerprint density at radius 2 is 2.25 bits per heavy atom. The van der Waals surface area contributed by atoms with Crippen LogP contribution in [-0.2, 0) is 9.47 Å². The van der Waals surface area contributed by atoms with Gasteiger partial charge in [-0.3, -0.25) is 0 Å². The van der Waals surface area contributed by atoms with E-state index in [0.717, 1.165) is 19.4 Å². The van der Waals surface area contributed by atoms with Gasteiger partial charge in [-0.2, -0.15) is 0 Å². The van der Waals surface area contributed by atoms with Crippen molar-refractivity contribution < 1.29 is 14.6 Å². The van der Waals surface area contributed by atoms with Gasteiger partial charge in [0.2, 0.25) is 0 Å². The minimum Gasteiger partial charge on any atom is -0.386 e. The lowest BCUT2D eigenvalue weighted by Gasteiger charge is -2.27. The van der Waals surface area contributed by atoms with Crippen molar-refractivity contribution in [2.75, 3.05) is 33.5 Å². The van der Waals surface area contributed by atoms with Gasteiger partial charge in [-0.15, -0.1) is 0 Å². The number of hydrogen-bond donors (Lipinski definition) is 2. The molecule has 4 heteroatoms. The normalized spacial score (nSPS) is 27.6. The molecule has 0 bridgehead atoms. The highest BCUT2D eigenvalue weighted by molar-refractivity contribution is 4.86. The van der Waals surface area contributed by atoms with E-state index in [1.54, 1.807) is 7.11 Å². The van der Waals surface area contributed by atoms with Crippen LogP contribution in [0.1, 0.15) is 26.7 Å². The van der Waals surface area contributed by atoms with E-state index in [0.29, 0.717) is 31.7 Å². The molecule has 0 saturated carbocycles. The Bertz CT molecular complexity index is 191. The Morgan fingerprint density at radius 1 is 1.50 bits per heavy atom. The molecule has 4 nitrogen and oxygen atoms in total. The lowest BCUT2D eigenvalue weighted by atomic mass is 9.98. The van der Waals surface area contributed by atoms with Gasteiger partial charge in [-0.25, -0.2) is 0 Å². The van der Waals surface area contributed by atoms with E-state index in [1.807, 2.05) is 0 Å². The highest BCUT2D eigenvalue weighted by Gasteiger charge is 2.32. The van der Waals surface area contributed by atoms with Crippen molar-refractivity contribution >= 4 is 0 Å². The summed E-state index contributed by atoms with van der Waals surface area (Å²) in [5.74, 6) is 0.543. The summed E-state index contributed by atoms with van der Waals surface area (Å²) in [4.78, 5) is 0. The third-order valence-electron chi connectivity index (χ3n) is 3.21. The molecule has 1 saturated heterocycles. The largest absolute Gasteiger partial charge is 0.386 e. The number of rotatable bonds is 7. The summed E-state index contributed by atoms with van der Waals surface area (Å²) in [5, 5.41) is 13.6. The van der Waals surface area contributed by atoms with Gasteiger partial charge >= 0.3 is 0 Å². The monoisotopic (exact) mass is 231 g/mol. The lowest BCUT2D eigenvalue weighted by Crippen LogP contribution is -2.46. The average Bonchev–Trinajstić information content (AvgIpc) is 2.65. The maximum atomic E-state index is 10.1. The van der Waals surface area contributed by atoms with E-state index < -0.39 is 5.60 Å². The molecule has 16 heavy (non-hydrogen) atoms. The van der Waals surface area contributed by atoms with E-state index >= 15 is 0 Å². The first-order valence-corrected chi connectivity index (χ1v) is 6.10. The summed E-state index contributed by atoms with van der Waals surface area (Å²) in [6, 6.07) is 0.393. The molecule has 2 N–H and O–H groups in total. The number of nitrogens with one attached hydrogen (secondary N) is 1. The third-order valence-corrected chi connectivity index (χ3v) is 3.21. The quantitative estimate of drug-likeness (QED) is 0.680. The molecule has 2 atom stereocenters. The summed E-state index contributed by atoms with van der Waals surface area (Å²) >= 11 is 0. The van der Waals surface area contributed by atoms with Crippen molar-refractivity contribution in [3.05, 3.63) is 0 Å². The summed E-state index contributed by atoms with van der Waals surface area (Å²) in [6.45, 7) is 6.85. The molecular formula is C12H25NO3. The van der Waals surface area contributed by atoms with Crippen molar-refractivity contribution in [2.45, 2.75) is 38.3 Å². The van der Waals surface area contributed by atoms with Gasteiger partial charge in [0.15, 0.2) is 0 Å². The van der Waals surface area contributed by atoms with Crippen LogP contribution in [0.5, 0.6) is 0 Å². The Hall–Kier alpha value is -0.160. The summed E-state index contributed by atoms with van der Waals surface area (Å²) in [6.07, 6.45) is 1.71. The fourth-order valence-electron chi connectivity index (χ4n) is 1.97. The number of aliphatic hydroxyl groups is 1. The van der Waals surface area contributed by atoms with Gasteiger partial charge in [0.05, 0.1) is 6.61 Å². The Morgan fingerprint density at radius 3 is 2.75 bits per heavy atom. The minimum absolute atomic E-state index is 0.393. The van der Waals surface area contributed by atoms with Crippen molar-refractivity contribution in [3.63, 3.8) is 0 Å². The lowest BCUT2D eigenvalue weighted by molar-refractivity contribution is 0.0223. The van der Waals surface area contributed by atoms with Crippen LogP contribution in [0.25, 0.3) is 0 Å². The topological polar surface area (TPSA) is 50.7 Å². The fourth-order valence-corrected chi connectivity index (χ4v) is 1.97.